The summed E-state index contributed by atoms with van der Waals surface area (Å²) in [6.07, 6.45) is -2.21. The number of piperazine rings is 1. The van der Waals surface area contributed by atoms with Crippen molar-refractivity contribution < 1.29 is 27.8 Å². The maximum atomic E-state index is 13.0. The molecule has 0 saturated carbocycles. The molecule has 2 aromatic rings. The Morgan fingerprint density at radius 3 is 2.68 bits per heavy atom. The van der Waals surface area contributed by atoms with Crippen LogP contribution >= 0.6 is 0 Å². The van der Waals surface area contributed by atoms with E-state index < -0.39 is 17.8 Å². The van der Waals surface area contributed by atoms with Crippen molar-refractivity contribution in [2.45, 2.75) is 12.3 Å². The van der Waals surface area contributed by atoms with Crippen LogP contribution in [0.15, 0.2) is 36.7 Å². The van der Waals surface area contributed by atoms with Crippen LogP contribution in [-0.4, -0.2) is 64.6 Å². The number of amides is 1. The number of nitrogens with zero attached hydrogens (tertiary/aromatic N) is 4. The van der Waals surface area contributed by atoms with Crippen LogP contribution in [0, 0.1) is 0 Å². The molecule has 1 amide bonds. The number of alkyl halides is 3. The number of anilines is 1. The van der Waals surface area contributed by atoms with Gasteiger partial charge in [0.05, 0.1) is 24.0 Å². The molecule has 1 fully saturated rings. The van der Waals surface area contributed by atoms with Crippen LogP contribution in [0.5, 0.6) is 5.75 Å². The first-order chi connectivity index (χ1) is 13.2. The van der Waals surface area contributed by atoms with Gasteiger partial charge in [0.1, 0.15) is 18.5 Å². The number of ether oxygens (including phenoxy) is 1. The van der Waals surface area contributed by atoms with Crippen molar-refractivity contribution in [2.75, 3.05) is 37.7 Å². The van der Waals surface area contributed by atoms with Gasteiger partial charge in [0, 0.05) is 32.9 Å². The second-order valence-electron chi connectivity index (χ2n) is 6.61. The van der Waals surface area contributed by atoms with Crippen LogP contribution in [0.2, 0.25) is 0 Å². The van der Waals surface area contributed by atoms with E-state index in [1.54, 1.807) is 33.9 Å². The number of aliphatic hydroxyl groups is 1. The first-order valence-corrected chi connectivity index (χ1v) is 8.72. The third kappa shape index (κ3) is 4.82. The Hall–Kier alpha value is -2.59. The molecule has 0 bridgehead atoms. The van der Waals surface area contributed by atoms with E-state index in [4.69, 9.17) is 4.74 Å². The van der Waals surface area contributed by atoms with Gasteiger partial charge in [-0.15, -0.1) is 0 Å². The van der Waals surface area contributed by atoms with Crippen LogP contribution in [0.3, 0.4) is 0 Å². The third-order valence-corrected chi connectivity index (χ3v) is 4.40. The zero-order chi connectivity index (χ0) is 20.3. The zero-order valence-electron chi connectivity index (χ0n) is 15.3. The Morgan fingerprint density at radius 1 is 1.29 bits per heavy atom. The van der Waals surface area contributed by atoms with Crippen LogP contribution in [0.1, 0.15) is 5.56 Å². The van der Waals surface area contributed by atoms with Crippen molar-refractivity contribution in [1.82, 2.24) is 14.7 Å². The van der Waals surface area contributed by atoms with Gasteiger partial charge >= 0.3 is 6.18 Å². The standard InChI is InChI=1S/C18H21F3N4O3/c1-23-9-13(8-22-23)25-7-6-24(11-17(25)27)10-14(26)12-28-16-5-3-2-4-15(16)18(19,20)21/h2-5,8-9,14,26H,6-7,10-12H2,1H3. The van der Waals surface area contributed by atoms with Gasteiger partial charge in [-0.1, -0.05) is 12.1 Å². The number of halogens is 3. The summed E-state index contributed by atoms with van der Waals surface area (Å²) < 4.78 is 45.7. The second kappa shape index (κ2) is 8.19. The molecular formula is C18H21F3N4O3. The van der Waals surface area contributed by atoms with Crippen molar-refractivity contribution in [2.24, 2.45) is 7.05 Å². The first-order valence-electron chi connectivity index (χ1n) is 8.72. The Kier molecular flexibility index (Phi) is 5.90. The molecular weight excluding hydrogens is 377 g/mol. The van der Waals surface area contributed by atoms with Crippen molar-refractivity contribution in [3.63, 3.8) is 0 Å². The third-order valence-electron chi connectivity index (χ3n) is 4.40. The Bertz CT molecular complexity index is 824. The van der Waals surface area contributed by atoms with E-state index in [1.807, 2.05) is 0 Å². The minimum Gasteiger partial charge on any atom is -0.490 e. The fourth-order valence-electron chi connectivity index (χ4n) is 3.06. The maximum Gasteiger partial charge on any atom is 0.419 e. The van der Waals surface area contributed by atoms with Gasteiger partial charge in [-0.2, -0.15) is 18.3 Å². The Balaban J connectivity index is 1.51. The zero-order valence-corrected chi connectivity index (χ0v) is 15.3. The number of carbonyl (C=O) groups excluding carboxylic acids is 1. The predicted octanol–water partition coefficient (Wildman–Crippen LogP) is 1.53. The van der Waals surface area contributed by atoms with E-state index in [2.05, 4.69) is 5.10 Å². The van der Waals surface area contributed by atoms with Gasteiger partial charge in [-0.25, -0.2) is 0 Å². The summed E-state index contributed by atoms with van der Waals surface area (Å²) in [7, 11) is 1.76. The highest BCUT2D eigenvalue weighted by Crippen LogP contribution is 2.35. The smallest absolute Gasteiger partial charge is 0.419 e. The van der Waals surface area contributed by atoms with Gasteiger partial charge in [-0.05, 0) is 12.1 Å². The van der Waals surface area contributed by atoms with Crippen LogP contribution in [0.25, 0.3) is 0 Å². The van der Waals surface area contributed by atoms with Gasteiger partial charge in [0.2, 0.25) is 5.91 Å². The molecule has 1 aromatic heterocycles. The number of hydrogen-bond donors (Lipinski definition) is 1. The molecule has 1 N–H and O–H groups in total. The van der Waals surface area contributed by atoms with E-state index in [-0.39, 0.29) is 31.4 Å². The number of aryl methyl sites for hydroxylation is 1. The van der Waals surface area contributed by atoms with Crippen molar-refractivity contribution in [3.05, 3.63) is 42.2 Å². The SMILES string of the molecule is Cn1cc(N2CCN(CC(O)COc3ccccc3C(F)(F)F)CC2=O)cn1. The summed E-state index contributed by atoms with van der Waals surface area (Å²) in [5, 5.41) is 14.2. The molecule has 1 unspecified atom stereocenters. The lowest BCUT2D eigenvalue weighted by molar-refractivity contribution is -0.139. The molecule has 1 aliphatic rings. The monoisotopic (exact) mass is 398 g/mol. The largest absolute Gasteiger partial charge is 0.490 e. The van der Waals surface area contributed by atoms with Gasteiger partial charge in [-0.3, -0.25) is 14.4 Å². The van der Waals surface area contributed by atoms with E-state index in [9.17, 15) is 23.1 Å². The average molecular weight is 398 g/mol. The van der Waals surface area contributed by atoms with Gasteiger partial charge in [0.25, 0.3) is 0 Å². The van der Waals surface area contributed by atoms with E-state index in [1.165, 1.54) is 18.2 Å². The first kappa shape index (κ1) is 20.2. The molecule has 0 radical (unpaired) electrons. The summed E-state index contributed by atoms with van der Waals surface area (Å²) in [5.74, 6) is -0.457. The normalized spacial score (nSPS) is 17.0. The van der Waals surface area contributed by atoms with Crippen LogP contribution in [0.4, 0.5) is 18.9 Å². The van der Waals surface area contributed by atoms with Crippen LogP contribution in [-0.2, 0) is 18.0 Å². The number of β-amino-alcohol motifs (C(OH)–C–C–N with tert-alkyl or cyclic N) is 1. The molecule has 1 saturated heterocycles. The number of aliphatic hydroxyl groups excluding tert-OH is 1. The van der Waals surface area contributed by atoms with E-state index >= 15 is 0 Å². The Labute approximate surface area is 159 Å². The highest BCUT2D eigenvalue weighted by Gasteiger charge is 2.34. The minimum absolute atomic E-state index is 0.102. The predicted molar refractivity (Wildman–Crippen MR) is 94.9 cm³/mol. The topological polar surface area (TPSA) is 70.8 Å². The molecule has 1 atom stereocenters. The molecule has 3 rings (SSSR count). The summed E-state index contributed by atoms with van der Waals surface area (Å²) in [6.45, 7) is 0.891. The quantitative estimate of drug-likeness (QED) is 0.799. The Morgan fingerprint density at radius 2 is 2.04 bits per heavy atom. The minimum atomic E-state index is -4.53. The summed E-state index contributed by atoms with van der Waals surface area (Å²) in [6, 6.07) is 4.86. The molecule has 1 aromatic carbocycles. The fourth-order valence-corrected chi connectivity index (χ4v) is 3.06. The molecule has 7 nitrogen and oxygen atoms in total. The molecule has 2 heterocycles. The number of hydrogen-bond acceptors (Lipinski definition) is 5. The van der Waals surface area contributed by atoms with Crippen LogP contribution < -0.4 is 9.64 Å². The molecule has 0 aliphatic carbocycles. The number of rotatable bonds is 6. The summed E-state index contributed by atoms with van der Waals surface area (Å²) in [5.41, 5.74) is -0.178. The fraction of sp³-hybridized carbons (Fsp3) is 0.444. The highest BCUT2D eigenvalue weighted by molar-refractivity contribution is 5.95. The molecule has 152 valence electrons. The van der Waals surface area contributed by atoms with Gasteiger partial charge in [0.15, 0.2) is 0 Å². The molecule has 1 aliphatic heterocycles. The van der Waals surface area contributed by atoms with E-state index in [0.717, 1.165) is 6.07 Å². The van der Waals surface area contributed by atoms with Crippen molar-refractivity contribution in [3.8, 4) is 5.75 Å². The number of para-hydroxylation sites is 1. The maximum absolute atomic E-state index is 13.0. The van der Waals surface area contributed by atoms with Gasteiger partial charge < -0.3 is 14.7 Å². The van der Waals surface area contributed by atoms with Crippen molar-refractivity contribution >= 4 is 11.6 Å². The summed E-state index contributed by atoms with van der Waals surface area (Å²) >= 11 is 0. The lowest BCUT2D eigenvalue weighted by Crippen LogP contribution is -2.52. The molecule has 10 heteroatoms. The molecule has 0 spiro atoms. The molecule has 28 heavy (non-hydrogen) atoms. The van der Waals surface area contributed by atoms with Crippen molar-refractivity contribution in [1.29, 1.82) is 0 Å². The number of carbonyl (C=O) groups is 1. The number of benzene rings is 1. The second-order valence-corrected chi connectivity index (χ2v) is 6.61. The average Bonchev–Trinajstić information content (AvgIpc) is 3.05. The lowest BCUT2D eigenvalue weighted by atomic mass is 10.2. The summed E-state index contributed by atoms with van der Waals surface area (Å²) in [4.78, 5) is 15.7. The van der Waals surface area contributed by atoms with E-state index in [0.29, 0.717) is 18.8 Å². The lowest BCUT2D eigenvalue weighted by Gasteiger charge is -2.34. The highest BCUT2D eigenvalue weighted by atomic mass is 19.4. The number of aromatic nitrogens is 2.